The highest BCUT2D eigenvalue weighted by atomic mass is 16.3. The molecule has 0 aliphatic heterocycles. The van der Waals surface area contributed by atoms with Crippen molar-refractivity contribution in [3.05, 3.63) is 28.8 Å². The number of amides is 1. The first-order chi connectivity index (χ1) is 6.91. The Bertz CT molecular complexity index is 360. The monoisotopic (exact) mass is 207 g/mol. The Morgan fingerprint density at radius 2 is 1.73 bits per heavy atom. The SMILES string of the molecule is Cc1cc(C)c(NC(=O)C(C)O)c(C)c1. The molecule has 3 nitrogen and oxygen atoms in total. The molecule has 0 saturated carbocycles. The van der Waals surface area contributed by atoms with E-state index in [2.05, 4.69) is 5.32 Å². The number of aryl methyl sites for hydroxylation is 3. The van der Waals surface area contributed by atoms with Gasteiger partial charge in [0.05, 0.1) is 0 Å². The Morgan fingerprint density at radius 3 is 2.13 bits per heavy atom. The minimum absolute atomic E-state index is 0.370. The summed E-state index contributed by atoms with van der Waals surface area (Å²) in [4.78, 5) is 11.3. The predicted molar refractivity (Wildman–Crippen MR) is 61.0 cm³/mol. The van der Waals surface area contributed by atoms with Crippen LogP contribution in [0.2, 0.25) is 0 Å². The van der Waals surface area contributed by atoms with Crippen molar-refractivity contribution in [2.45, 2.75) is 33.8 Å². The number of aliphatic hydroxyl groups is 1. The fourth-order valence-corrected chi connectivity index (χ4v) is 1.60. The summed E-state index contributed by atoms with van der Waals surface area (Å²) in [5.74, 6) is -0.370. The molecule has 0 aromatic heterocycles. The zero-order valence-electron chi connectivity index (χ0n) is 9.59. The maximum atomic E-state index is 11.3. The molecule has 3 heteroatoms. The van der Waals surface area contributed by atoms with Gasteiger partial charge in [-0.2, -0.15) is 0 Å². The normalized spacial score (nSPS) is 12.3. The van der Waals surface area contributed by atoms with E-state index in [1.165, 1.54) is 12.5 Å². The number of nitrogens with one attached hydrogen (secondary N) is 1. The van der Waals surface area contributed by atoms with Crippen LogP contribution in [-0.4, -0.2) is 17.1 Å². The third kappa shape index (κ3) is 2.80. The first kappa shape index (κ1) is 11.7. The molecule has 1 atom stereocenters. The standard InChI is InChI=1S/C12H17NO2/c1-7-5-8(2)11(9(3)6-7)13-12(15)10(4)14/h5-6,10,14H,1-4H3,(H,13,15). The Labute approximate surface area is 90.1 Å². The summed E-state index contributed by atoms with van der Waals surface area (Å²) in [6, 6.07) is 4.01. The van der Waals surface area contributed by atoms with E-state index in [1.807, 2.05) is 32.9 Å². The first-order valence-corrected chi connectivity index (χ1v) is 4.98. The molecule has 1 rings (SSSR count). The van der Waals surface area contributed by atoms with Crippen LogP contribution in [0.3, 0.4) is 0 Å². The third-order valence-electron chi connectivity index (χ3n) is 2.30. The average Bonchev–Trinajstić information content (AvgIpc) is 2.10. The number of hydrogen-bond donors (Lipinski definition) is 2. The van der Waals surface area contributed by atoms with Crippen LogP contribution in [0.5, 0.6) is 0 Å². The molecule has 0 bridgehead atoms. The second kappa shape index (κ2) is 4.45. The molecule has 0 saturated heterocycles. The van der Waals surface area contributed by atoms with Gasteiger partial charge in [-0.25, -0.2) is 0 Å². The van der Waals surface area contributed by atoms with E-state index in [0.29, 0.717) is 0 Å². The van der Waals surface area contributed by atoms with Gasteiger partial charge in [-0.05, 0) is 38.8 Å². The van der Waals surface area contributed by atoms with E-state index in [9.17, 15) is 4.79 Å². The van der Waals surface area contributed by atoms with Gasteiger partial charge in [0, 0.05) is 5.69 Å². The fourth-order valence-electron chi connectivity index (χ4n) is 1.60. The van der Waals surface area contributed by atoms with Crippen molar-refractivity contribution in [3.63, 3.8) is 0 Å². The second-order valence-corrected chi connectivity index (χ2v) is 3.94. The lowest BCUT2D eigenvalue weighted by atomic mass is 10.0. The van der Waals surface area contributed by atoms with Crippen LogP contribution in [0.1, 0.15) is 23.6 Å². The van der Waals surface area contributed by atoms with Crippen molar-refractivity contribution in [2.75, 3.05) is 5.32 Å². The topological polar surface area (TPSA) is 49.3 Å². The van der Waals surface area contributed by atoms with E-state index < -0.39 is 6.10 Å². The predicted octanol–water partition coefficient (Wildman–Crippen LogP) is 1.93. The molecule has 1 aromatic rings. The van der Waals surface area contributed by atoms with Crippen LogP contribution < -0.4 is 5.32 Å². The highest BCUT2D eigenvalue weighted by molar-refractivity contribution is 5.95. The largest absolute Gasteiger partial charge is 0.384 e. The van der Waals surface area contributed by atoms with Gasteiger partial charge in [-0.3, -0.25) is 4.79 Å². The molecule has 1 unspecified atom stereocenters. The molecule has 1 amide bonds. The average molecular weight is 207 g/mol. The van der Waals surface area contributed by atoms with Crippen molar-refractivity contribution >= 4 is 11.6 Å². The van der Waals surface area contributed by atoms with Crippen LogP contribution >= 0.6 is 0 Å². The quantitative estimate of drug-likeness (QED) is 0.778. The highest BCUT2D eigenvalue weighted by Crippen LogP contribution is 2.21. The number of hydrogen-bond acceptors (Lipinski definition) is 2. The summed E-state index contributed by atoms with van der Waals surface area (Å²) in [5.41, 5.74) is 3.99. The lowest BCUT2D eigenvalue weighted by Gasteiger charge is -2.13. The number of aliphatic hydroxyl groups excluding tert-OH is 1. The van der Waals surface area contributed by atoms with Crippen LogP contribution in [0.25, 0.3) is 0 Å². The van der Waals surface area contributed by atoms with Gasteiger partial charge in [0.1, 0.15) is 6.10 Å². The molecule has 82 valence electrons. The smallest absolute Gasteiger partial charge is 0.252 e. The molecule has 0 aliphatic carbocycles. The Hall–Kier alpha value is -1.35. The molecular formula is C12H17NO2. The minimum Gasteiger partial charge on any atom is -0.384 e. The van der Waals surface area contributed by atoms with Gasteiger partial charge in [0.15, 0.2) is 0 Å². The van der Waals surface area contributed by atoms with Gasteiger partial charge >= 0.3 is 0 Å². The molecule has 0 aliphatic rings. The molecule has 1 aromatic carbocycles. The first-order valence-electron chi connectivity index (χ1n) is 4.98. The van der Waals surface area contributed by atoms with Gasteiger partial charge < -0.3 is 10.4 Å². The highest BCUT2D eigenvalue weighted by Gasteiger charge is 2.11. The maximum absolute atomic E-state index is 11.3. The number of carbonyl (C=O) groups excluding carboxylic acids is 1. The number of anilines is 1. The van der Waals surface area contributed by atoms with Crippen LogP contribution in [-0.2, 0) is 4.79 Å². The molecule has 0 fully saturated rings. The zero-order chi connectivity index (χ0) is 11.6. The summed E-state index contributed by atoms with van der Waals surface area (Å²) in [6.07, 6.45) is -0.981. The van der Waals surface area contributed by atoms with E-state index in [4.69, 9.17) is 5.11 Å². The van der Waals surface area contributed by atoms with Gasteiger partial charge in [-0.1, -0.05) is 17.7 Å². The van der Waals surface area contributed by atoms with Crippen LogP contribution in [0, 0.1) is 20.8 Å². The van der Waals surface area contributed by atoms with Gasteiger partial charge in [0.25, 0.3) is 5.91 Å². The number of benzene rings is 1. The summed E-state index contributed by atoms with van der Waals surface area (Å²) in [6.45, 7) is 7.35. The zero-order valence-corrected chi connectivity index (χ0v) is 9.59. The van der Waals surface area contributed by atoms with Crippen LogP contribution in [0.4, 0.5) is 5.69 Å². The summed E-state index contributed by atoms with van der Waals surface area (Å²) < 4.78 is 0. The van der Waals surface area contributed by atoms with Gasteiger partial charge in [0.2, 0.25) is 0 Å². The van der Waals surface area contributed by atoms with Crippen molar-refractivity contribution < 1.29 is 9.90 Å². The molecule has 0 heterocycles. The van der Waals surface area contributed by atoms with Crippen LogP contribution in [0.15, 0.2) is 12.1 Å². The summed E-state index contributed by atoms with van der Waals surface area (Å²) >= 11 is 0. The maximum Gasteiger partial charge on any atom is 0.252 e. The van der Waals surface area contributed by atoms with E-state index in [0.717, 1.165) is 16.8 Å². The Kier molecular flexibility index (Phi) is 3.48. The summed E-state index contributed by atoms with van der Waals surface area (Å²) in [7, 11) is 0. The Balaban J connectivity index is 3.00. The molecule has 2 N–H and O–H groups in total. The molecule has 0 radical (unpaired) electrons. The van der Waals surface area contributed by atoms with Crippen molar-refractivity contribution in [2.24, 2.45) is 0 Å². The number of carbonyl (C=O) groups is 1. The van der Waals surface area contributed by atoms with Crippen molar-refractivity contribution in [1.82, 2.24) is 0 Å². The van der Waals surface area contributed by atoms with Crippen molar-refractivity contribution in [3.8, 4) is 0 Å². The second-order valence-electron chi connectivity index (χ2n) is 3.94. The lowest BCUT2D eigenvalue weighted by Crippen LogP contribution is -2.25. The van der Waals surface area contributed by atoms with E-state index >= 15 is 0 Å². The molecule has 0 spiro atoms. The number of rotatable bonds is 2. The lowest BCUT2D eigenvalue weighted by molar-refractivity contribution is -0.123. The van der Waals surface area contributed by atoms with Crippen molar-refractivity contribution in [1.29, 1.82) is 0 Å². The minimum atomic E-state index is -0.981. The van der Waals surface area contributed by atoms with E-state index in [1.54, 1.807) is 0 Å². The van der Waals surface area contributed by atoms with Gasteiger partial charge in [-0.15, -0.1) is 0 Å². The third-order valence-corrected chi connectivity index (χ3v) is 2.30. The molecular weight excluding hydrogens is 190 g/mol. The molecule has 15 heavy (non-hydrogen) atoms. The summed E-state index contributed by atoms with van der Waals surface area (Å²) in [5, 5.41) is 11.8. The fraction of sp³-hybridized carbons (Fsp3) is 0.417. The van der Waals surface area contributed by atoms with E-state index in [-0.39, 0.29) is 5.91 Å². The Morgan fingerprint density at radius 1 is 1.27 bits per heavy atom.